The number of hydrogen-bond acceptors (Lipinski definition) is 4. The molecule has 3 rings (SSSR count). The zero-order chi connectivity index (χ0) is 20.1. The van der Waals surface area contributed by atoms with Gasteiger partial charge >= 0.3 is 12.0 Å². The van der Waals surface area contributed by atoms with Gasteiger partial charge in [0.05, 0.1) is 31.5 Å². The van der Waals surface area contributed by atoms with E-state index in [0.717, 1.165) is 11.3 Å². The molecule has 0 bridgehead atoms. The summed E-state index contributed by atoms with van der Waals surface area (Å²) < 4.78 is 10.2. The van der Waals surface area contributed by atoms with Crippen LogP contribution in [-0.2, 0) is 4.79 Å². The number of urea groups is 1. The van der Waals surface area contributed by atoms with E-state index >= 15 is 0 Å². The van der Waals surface area contributed by atoms with Crippen molar-refractivity contribution in [1.29, 1.82) is 0 Å². The summed E-state index contributed by atoms with van der Waals surface area (Å²) in [7, 11) is 3.13. The Morgan fingerprint density at radius 2 is 1.54 bits per heavy atom. The van der Waals surface area contributed by atoms with Crippen LogP contribution in [0.25, 0.3) is 6.08 Å². The van der Waals surface area contributed by atoms with Gasteiger partial charge in [0.2, 0.25) is 0 Å². The molecule has 2 aromatic rings. The zero-order valence-electron chi connectivity index (χ0n) is 15.4. The number of allylic oxidation sites excluding steroid dienone is 1. The van der Waals surface area contributed by atoms with Crippen LogP contribution >= 0.6 is 0 Å². The quantitative estimate of drug-likeness (QED) is 0.716. The van der Waals surface area contributed by atoms with E-state index in [4.69, 9.17) is 9.47 Å². The first-order chi connectivity index (χ1) is 13.5. The molecule has 7 nitrogen and oxygen atoms in total. The Hall–Kier alpha value is -3.74. The third-order valence-corrected chi connectivity index (χ3v) is 4.34. The molecular formula is C21H20N2O5. The lowest BCUT2D eigenvalue weighted by atomic mass is 9.95. The lowest BCUT2D eigenvalue weighted by Crippen LogP contribution is -2.45. The molecule has 0 aliphatic carbocycles. The largest absolute Gasteiger partial charge is 0.497 e. The average Bonchev–Trinajstić information content (AvgIpc) is 2.72. The number of benzene rings is 2. The summed E-state index contributed by atoms with van der Waals surface area (Å²) in [5.41, 5.74) is 1.76. The molecule has 0 saturated carbocycles. The van der Waals surface area contributed by atoms with Crippen molar-refractivity contribution in [2.24, 2.45) is 0 Å². The maximum absolute atomic E-state index is 12.1. The summed E-state index contributed by atoms with van der Waals surface area (Å²) in [5.74, 6) is 0.240. The molecule has 0 saturated heterocycles. The lowest BCUT2D eigenvalue weighted by molar-refractivity contribution is -0.133. The molecule has 28 heavy (non-hydrogen) atoms. The van der Waals surface area contributed by atoms with E-state index < -0.39 is 18.0 Å². The molecule has 1 aliphatic rings. The molecule has 7 heteroatoms. The number of amides is 2. The summed E-state index contributed by atoms with van der Waals surface area (Å²) in [6.07, 6.45) is 3.31. The summed E-state index contributed by atoms with van der Waals surface area (Å²) in [5, 5.41) is 15.0. The predicted octanol–water partition coefficient (Wildman–Crippen LogP) is 3.11. The number of carbonyl (C=O) groups is 2. The van der Waals surface area contributed by atoms with Crippen LogP contribution in [0.15, 0.2) is 65.9 Å². The maximum atomic E-state index is 12.1. The highest BCUT2D eigenvalue weighted by Gasteiger charge is 2.31. The van der Waals surface area contributed by atoms with Gasteiger partial charge in [0.1, 0.15) is 11.5 Å². The summed E-state index contributed by atoms with van der Waals surface area (Å²) in [4.78, 5) is 24.1. The number of hydrogen-bond donors (Lipinski definition) is 3. The first-order valence-electron chi connectivity index (χ1n) is 8.53. The summed E-state index contributed by atoms with van der Waals surface area (Å²) in [6.45, 7) is 0. The summed E-state index contributed by atoms with van der Waals surface area (Å²) in [6, 6.07) is 12.9. The SMILES string of the molecule is COc1ccc(/C=C/C2=C(C(=O)O)C(c3ccc(OC)cc3)NC(=O)N2)cc1. The van der Waals surface area contributed by atoms with Crippen molar-refractivity contribution in [2.45, 2.75) is 6.04 Å². The van der Waals surface area contributed by atoms with Gasteiger partial charge in [0, 0.05) is 0 Å². The number of ether oxygens (including phenoxy) is 2. The van der Waals surface area contributed by atoms with Crippen molar-refractivity contribution >= 4 is 18.1 Å². The molecule has 1 heterocycles. The molecular weight excluding hydrogens is 360 g/mol. The monoisotopic (exact) mass is 380 g/mol. The van der Waals surface area contributed by atoms with Gasteiger partial charge in [0.25, 0.3) is 0 Å². The van der Waals surface area contributed by atoms with Gasteiger partial charge in [-0.25, -0.2) is 9.59 Å². The Morgan fingerprint density at radius 1 is 0.964 bits per heavy atom. The minimum absolute atomic E-state index is 0.0505. The second-order valence-corrected chi connectivity index (χ2v) is 6.04. The highest BCUT2D eigenvalue weighted by Crippen LogP contribution is 2.29. The van der Waals surface area contributed by atoms with Crippen molar-refractivity contribution in [2.75, 3.05) is 14.2 Å². The van der Waals surface area contributed by atoms with Gasteiger partial charge in [-0.3, -0.25) is 0 Å². The van der Waals surface area contributed by atoms with Crippen molar-refractivity contribution in [3.63, 3.8) is 0 Å². The zero-order valence-corrected chi connectivity index (χ0v) is 15.4. The van der Waals surface area contributed by atoms with Crippen LogP contribution in [0.1, 0.15) is 17.2 Å². The molecule has 144 valence electrons. The molecule has 1 unspecified atom stereocenters. The Labute approximate surface area is 162 Å². The van der Waals surface area contributed by atoms with Gasteiger partial charge in [-0.2, -0.15) is 0 Å². The van der Waals surface area contributed by atoms with Crippen LogP contribution in [0.2, 0.25) is 0 Å². The lowest BCUT2D eigenvalue weighted by Gasteiger charge is -2.27. The number of aliphatic carboxylic acids is 1. The first kappa shape index (κ1) is 19.0. The van der Waals surface area contributed by atoms with Crippen LogP contribution in [-0.4, -0.2) is 31.3 Å². The van der Waals surface area contributed by atoms with Gasteiger partial charge in [-0.15, -0.1) is 0 Å². The second-order valence-electron chi connectivity index (χ2n) is 6.04. The normalized spacial score (nSPS) is 16.5. The molecule has 1 atom stereocenters. The smallest absolute Gasteiger partial charge is 0.336 e. The molecule has 1 aliphatic heterocycles. The maximum Gasteiger partial charge on any atom is 0.336 e. The minimum Gasteiger partial charge on any atom is -0.497 e. The third kappa shape index (κ3) is 4.15. The van der Waals surface area contributed by atoms with Crippen molar-refractivity contribution in [1.82, 2.24) is 10.6 Å². The molecule has 2 aromatic carbocycles. The Balaban J connectivity index is 1.97. The fourth-order valence-corrected chi connectivity index (χ4v) is 2.90. The van der Waals surface area contributed by atoms with E-state index in [1.165, 1.54) is 0 Å². The van der Waals surface area contributed by atoms with Gasteiger partial charge in [-0.05, 0) is 41.5 Å². The number of carbonyl (C=O) groups excluding carboxylic acids is 1. The standard InChI is InChI=1S/C21H20N2O5/c1-27-15-8-3-13(4-9-15)5-12-17-18(20(24)25)19(23-21(26)22-17)14-6-10-16(28-2)11-7-14/h3-12,19H,1-2H3,(H,24,25)(H2,22,23,26)/b12-5+. The van der Waals surface area contributed by atoms with Gasteiger partial charge in [-0.1, -0.05) is 30.3 Å². The fraction of sp³-hybridized carbons (Fsp3) is 0.143. The van der Waals surface area contributed by atoms with E-state index in [1.807, 2.05) is 12.1 Å². The summed E-state index contributed by atoms with van der Waals surface area (Å²) >= 11 is 0. The molecule has 3 N–H and O–H groups in total. The Morgan fingerprint density at radius 3 is 2.07 bits per heavy atom. The van der Waals surface area contributed by atoms with E-state index in [0.29, 0.717) is 11.3 Å². The number of carboxylic acids is 1. The molecule has 0 aromatic heterocycles. The number of nitrogens with one attached hydrogen (secondary N) is 2. The number of methoxy groups -OCH3 is 2. The minimum atomic E-state index is -1.12. The van der Waals surface area contributed by atoms with Crippen LogP contribution in [0.4, 0.5) is 4.79 Å². The first-order valence-corrected chi connectivity index (χ1v) is 8.53. The van der Waals surface area contributed by atoms with E-state index in [-0.39, 0.29) is 11.3 Å². The van der Waals surface area contributed by atoms with E-state index in [1.54, 1.807) is 62.8 Å². The van der Waals surface area contributed by atoms with Crippen molar-refractivity contribution in [3.05, 3.63) is 77.0 Å². The van der Waals surface area contributed by atoms with Crippen LogP contribution in [0, 0.1) is 0 Å². The van der Waals surface area contributed by atoms with E-state index in [2.05, 4.69) is 10.6 Å². The fourth-order valence-electron chi connectivity index (χ4n) is 2.90. The van der Waals surface area contributed by atoms with Crippen molar-refractivity contribution < 1.29 is 24.2 Å². The molecule has 0 radical (unpaired) electrons. The van der Waals surface area contributed by atoms with E-state index in [9.17, 15) is 14.7 Å². The molecule has 2 amide bonds. The van der Waals surface area contributed by atoms with Gasteiger partial charge < -0.3 is 25.2 Å². The second kappa shape index (κ2) is 8.30. The van der Waals surface area contributed by atoms with Crippen molar-refractivity contribution in [3.8, 4) is 11.5 Å². The van der Waals surface area contributed by atoms with Gasteiger partial charge in [0.15, 0.2) is 0 Å². The van der Waals surface area contributed by atoms with Crippen LogP contribution < -0.4 is 20.1 Å². The topological polar surface area (TPSA) is 96.9 Å². The highest BCUT2D eigenvalue weighted by molar-refractivity contribution is 5.95. The Bertz CT molecular complexity index is 930. The average molecular weight is 380 g/mol. The van der Waals surface area contributed by atoms with Crippen LogP contribution in [0.3, 0.4) is 0 Å². The number of rotatable bonds is 6. The Kier molecular flexibility index (Phi) is 5.64. The predicted molar refractivity (Wildman–Crippen MR) is 104 cm³/mol. The highest BCUT2D eigenvalue weighted by atomic mass is 16.5. The number of carboxylic acid groups (broad SMARTS) is 1. The van der Waals surface area contributed by atoms with Crippen LogP contribution in [0.5, 0.6) is 11.5 Å². The molecule has 0 spiro atoms. The third-order valence-electron chi connectivity index (χ3n) is 4.34. The molecule has 0 fully saturated rings.